The van der Waals surface area contributed by atoms with Crippen LogP contribution in [0.25, 0.3) is 0 Å². The highest BCUT2D eigenvalue weighted by molar-refractivity contribution is 5.83. The molecule has 3 N–H and O–H groups in total. The highest BCUT2D eigenvalue weighted by atomic mass is 19.1. The molecule has 22 heavy (non-hydrogen) atoms. The van der Waals surface area contributed by atoms with Crippen molar-refractivity contribution < 1.29 is 9.18 Å². The summed E-state index contributed by atoms with van der Waals surface area (Å²) in [5.41, 5.74) is 6.10. The van der Waals surface area contributed by atoms with Gasteiger partial charge in [0.25, 0.3) is 0 Å². The van der Waals surface area contributed by atoms with E-state index in [1.807, 2.05) is 6.08 Å². The van der Waals surface area contributed by atoms with Crippen molar-refractivity contribution in [2.45, 2.75) is 38.8 Å². The summed E-state index contributed by atoms with van der Waals surface area (Å²) < 4.78 is 13.9. The van der Waals surface area contributed by atoms with Crippen molar-refractivity contribution in [3.05, 3.63) is 47.3 Å². The van der Waals surface area contributed by atoms with Gasteiger partial charge in [-0.2, -0.15) is 0 Å². The Morgan fingerprint density at radius 3 is 2.86 bits per heavy atom. The van der Waals surface area contributed by atoms with Crippen LogP contribution in [0.4, 0.5) is 4.39 Å². The van der Waals surface area contributed by atoms with Crippen LogP contribution in [0.5, 0.6) is 0 Å². The molecule has 0 aromatic heterocycles. The average Bonchev–Trinajstić information content (AvgIpc) is 2.54. The number of rotatable bonds is 5. The summed E-state index contributed by atoms with van der Waals surface area (Å²) in [6.45, 7) is 0.451. The lowest BCUT2D eigenvalue weighted by Gasteiger charge is -2.31. The number of halogens is 1. The second kappa shape index (κ2) is 7.24. The van der Waals surface area contributed by atoms with Crippen LogP contribution in [0.15, 0.2) is 30.4 Å². The number of hydrogen-bond donors (Lipinski definition) is 2. The Kier molecular flexibility index (Phi) is 5.35. The van der Waals surface area contributed by atoms with Gasteiger partial charge < -0.3 is 11.1 Å². The standard InChI is InChI=1S/C18H21FN2O/c1-2-8-18(9-4-3-5-10-18)17(22)21-13-15-7-6-14(12-20)11-16(15)19/h1,3-4,6-7,11H,5,8-10,12-13,20H2,(H,21,22). The van der Waals surface area contributed by atoms with E-state index in [1.165, 1.54) is 6.07 Å². The fourth-order valence-corrected chi connectivity index (χ4v) is 2.76. The molecule has 0 heterocycles. The first-order valence-electron chi connectivity index (χ1n) is 7.45. The number of carbonyl (C=O) groups is 1. The molecular formula is C18H21FN2O. The monoisotopic (exact) mass is 300 g/mol. The first kappa shape index (κ1) is 16.3. The van der Waals surface area contributed by atoms with Crippen LogP contribution in [0.2, 0.25) is 0 Å². The Morgan fingerprint density at radius 1 is 1.45 bits per heavy atom. The molecular weight excluding hydrogens is 279 g/mol. The maximum absolute atomic E-state index is 13.9. The Labute approximate surface area is 130 Å². The summed E-state index contributed by atoms with van der Waals surface area (Å²) in [5, 5.41) is 2.83. The van der Waals surface area contributed by atoms with Crippen molar-refractivity contribution in [1.82, 2.24) is 5.32 Å². The van der Waals surface area contributed by atoms with Gasteiger partial charge in [-0.25, -0.2) is 4.39 Å². The fourth-order valence-electron chi connectivity index (χ4n) is 2.76. The van der Waals surface area contributed by atoms with Crippen molar-refractivity contribution in [3.63, 3.8) is 0 Å². The largest absolute Gasteiger partial charge is 0.351 e. The van der Waals surface area contributed by atoms with E-state index < -0.39 is 5.41 Å². The van der Waals surface area contributed by atoms with E-state index in [1.54, 1.807) is 12.1 Å². The molecule has 0 spiro atoms. The van der Waals surface area contributed by atoms with Gasteiger partial charge in [-0.3, -0.25) is 4.79 Å². The molecule has 1 aromatic rings. The van der Waals surface area contributed by atoms with Gasteiger partial charge in [-0.05, 0) is 30.9 Å². The molecule has 0 saturated heterocycles. The number of terminal acetylenes is 1. The molecule has 0 saturated carbocycles. The number of carbonyl (C=O) groups excluding carboxylic acids is 1. The lowest BCUT2D eigenvalue weighted by Crippen LogP contribution is -2.41. The summed E-state index contributed by atoms with van der Waals surface area (Å²) in [5.74, 6) is 2.15. The van der Waals surface area contributed by atoms with Crippen molar-refractivity contribution in [2.24, 2.45) is 11.1 Å². The van der Waals surface area contributed by atoms with Crippen LogP contribution in [0, 0.1) is 23.6 Å². The lowest BCUT2D eigenvalue weighted by atomic mass is 9.74. The molecule has 1 unspecified atom stereocenters. The third-order valence-corrected chi connectivity index (χ3v) is 4.18. The Balaban J connectivity index is 2.05. The zero-order chi connectivity index (χ0) is 16.0. The zero-order valence-electron chi connectivity index (χ0n) is 12.6. The van der Waals surface area contributed by atoms with Crippen molar-refractivity contribution in [1.29, 1.82) is 0 Å². The minimum absolute atomic E-state index is 0.0999. The number of benzene rings is 1. The first-order valence-corrected chi connectivity index (χ1v) is 7.45. The van der Waals surface area contributed by atoms with Crippen molar-refractivity contribution >= 4 is 5.91 Å². The maximum atomic E-state index is 13.9. The van der Waals surface area contributed by atoms with Gasteiger partial charge >= 0.3 is 0 Å². The minimum atomic E-state index is -0.558. The van der Waals surface area contributed by atoms with E-state index in [4.69, 9.17) is 12.2 Å². The molecule has 0 aliphatic heterocycles. The first-order chi connectivity index (χ1) is 10.6. The average molecular weight is 300 g/mol. The zero-order valence-corrected chi connectivity index (χ0v) is 12.6. The molecule has 1 atom stereocenters. The van der Waals surface area contributed by atoms with E-state index in [-0.39, 0.29) is 18.3 Å². The highest BCUT2D eigenvalue weighted by Crippen LogP contribution is 2.36. The molecule has 2 rings (SSSR count). The molecule has 116 valence electrons. The highest BCUT2D eigenvalue weighted by Gasteiger charge is 2.37. The molecule has 1 aliphatic carbocycles. The molecule has 0 fully saturated rings. The van der Waals surface area contributed by atoms with E-state index in [0.717, 1.165) is 18.4 Å². The van der Waals surface area contributed by atoms with E-state index >= 15 is 0 Å². The summed E-state index contributed by atoms with van der Waals surface area (Å²) in [6.07, 6.45) is 12.1. The topological polar surface area (TPSA) is 55.1 Å². The van der Waals surface area contributed by atoms with Gasteiger partial charge in [0.15, 0.2) is 0 Å². The van der Waals surface area contributed by atoms with Crippen LogP contribution in [-0.2, 0) is 17.9 Å². The van der Waals surface area contributed by atoms with Gasteiger partial charge in [-0.1, -0.05) is 24.3 Å². The van der Waals surface area contributed by atoms with E-state index in [0.29, 0.717) is 24.9 Å². The molecule has 3 nitrogen and oxygen atoms in total. The van der Waals surface area contributed by atoms with E-state index in [2.05, 4.69) is 17.3 Å². The predicted molar refractivity (Wildman–Crippen MR) is 85.0 cm³/mol. The molecule has 1 amide bonds. The lowest BCUT2D eigenvalue weighted by molar-refractivity contribution is -0.131. The molecule has 0 radical (unpaired) electrons. The van der Waals surface area contributed by atoms with Gasteiger partial charge in [0.2, 0.25) is 5.91 Å². The summed E-state index contributed by atoms with van der Waals surface area (Å²) in [6, 6.07) is 4.83. The number of amides is 1. The van der Waals surface area contributed by atoms with E-state index in [9.17, 15) is 9.18 Å². The normalized spacial score (nSPS) is 20.4. The van der Waals surface area contributed by atoms with Crippen molar-refractivity contribution in [3.8, 4) is 12.3 Å². The second-order valence-corrected chi connectivity index (χ2v) is 5.69. The van der Waals surface area contributed by atoms with Gasteiger partial charge in [0.1, 0.15) is 5.82 Å². The predicted octanol–water partition coefficient (Wildman–Crippen LogP) is 2.65. The number of hydrogen-bond acceptors (Lipinski definition) is 2. The molecule has 1 aliphatic rings. The number of nitrogens with one attached hydrogen (secondary N) is 1. The SMILES string of the molecule is C#CCC1(C(=O)NCc2ccc(CN)cc2F)CC=CCC1. The second-order valence-electron chi connectivity index (χ2n) is 5.69. The number of nitrogens with two attached hydrogens (primary N) is 1. The Morgan fingerprint density at radius 2 is 2.27 bits per heavy atom. The molecule has 0 bridgehead atoms. The Bertz CT molecular complexity index is 618. The van der Waals surface area contributed by atoms with Crippen LogP contribution >= 0.6 is 0 Å². The fraction of sp³-hybridized carbons (Fsp3) is 0.389. The van der Waals surface area contributed by atoms with Gasteiger partial charge in [0.05, 0.1) is 5.41 Å². The smallest absolute Gasteiger partial charge is 0.227 e. The van der Waals surface area contributed by atoms with Crippen LogP contribution in [0.1, 0.15) is 36.8 Å². The van der Waals surface area contributed by atoms with Gasteiger partial charge in [0, 0.05) is 25.1 Å². The maximum Gasteiger partial charge on any atom is 0.227 e. The molecule has 4 heteroatoms. The Hall–Kier alpha value is -2.12. The van der Waals surface area contributed by atoms with Crippen LogP contribution < -0.4 is 11.1 Å². The third-order valence-electron chi connectivity index (χ3n) is 4.18. The quantitative estimate of drug-likeness (QED) is 0.649. The van der Waals surface area contributed by atoms with Gasteiger partial charge in [-0.15, -0.1) is 12.3 Å². The third kappa shape index (κ3) is 3.55. The van der Waals surface area contributed by atoms with Crippen LogP contribution in [0.3, 0.4) is 0 Å². The summed E-state index contributed by atoms with van der Waals surface area (Å²) >= 11 is 0. The summed E-state index contributed by atoms with van der Waals surface area (Å²) in [4.78, 5) is 12.5. The minimum Gasteiger partial charge on any atom is -0.351 e. The van der Waals surface area contributed by atoms with Crippen molar-refractivity contribution in [2.75, 3.05) is 0 Å². The van der Waals surface area contributed by atoms with Crippen LogP contribution in [-0.4, -0.2) is 5.91 Å². The number of allylic oxidation sites excluding steroid dienone is 2. The summed E-state index contributed by atoms with van der Waals surface area (Å²) in [7, 11) is 0. The molecule has 1 aromatic carbocycles.